The Morgan fingerprint density at radius 3 is 2.08 bits per heavy atom. The van der Waals surface area contributed by atoms with E-state index in [9.17, 15) is 9.59 Å². The van der Waals surface area contributed by atoms with Crippen LogP contribution in [0.2, 0.25) is 0 Å². The van der Waals surface area contributed by atoms with Crippen LogP contribution in [-0.2, 0) is 4.79 Å². The van der Waals surface area contributed by atoms with E-state index in [1.54, 1.807) is 37.3 Å². The molecule has 0 atom stereocenters. The molecule has 0 radical (unpaired) electrons. The number of methoxy groups -OCH3 is 2. The van der Waals surface area contributed by atoms with Crippen LogP contribution in [-0.4, -0.2) is 31.7 Å². The van der Waals surface area contributed by atoms with Crippen molar-refractivity contribution in [2.24, 2.45) is 5.10 Å². The van der Waals surface area contributed by atoms with Crippen molar-refractivity contribution in [1.82, 2.24) is 5.43 Å². The van der Waals surface area contributed by atoms with Crippen molar-refractivity contribution in [3.63, 3.8) is 0 Å². The minimum atomic E-state index is -0.361. The number of hydrogen-bond donors (Lipinski definition) is 2. The van der Waals surface area contributed by atoms with Gasteiger partial charge >= 0.3 is 0 Å². The Hall–Kier alpha value is -3.35. The van der Waals surface area contributed by atoms with Gasteiger partial charge in [0.05, 0.1) is 19.9 Å². The van der Waals surface area contributed by atoms with Crippen LogP contribution < -0.4 is 20.2 Å². The summed E-state index contributed by atoms with van der Waals surface area (Å²) in [4.78, 5) is 23.3. The maximum absolute atomic E-state index is 12.3. The van der Waals surface area contributed by atoms with Gasteiger partial charge in [0.1, 0.15) is 0 Å². The number of nitrogens with one attached hydrogen (secondary N) is 2. The predicted octanol–water partition coefficient (Wildman–Crippen LogP) is 2.82. The van der Waals surface area contributed by atoms with E-state index in [1.165, 1.54) is 21.1 Å². The molecule has 0 aliphatic rings. The van der Waals surface area contributed by atoms with Crippen LogP contribution in [0.25, 0.3) is 0 Å². The van der Waals surface area contributed by atoms with Crippen LogP contribution >= 0.6 is 0 Å². The van der Waals surface area contributed by atoms with Crippen molar-refractivity contribution in [2.75, 3.05) is 19.5 Å². The SMILES string of the molecule is COc1ccc(C(=O)N/N=C(/C)c2ccc(NC(C)=O)cc2)cc1OC. The molecule has 26 heavy (non-hydrogen) atoms. The molecule has 2 rings (SSSR count). The Balaban J connectivity index is 2.08. The smallest absolute Gasteiger partial charge is 0.271 e. The molecule has 7 nitrogen and oxygen atoms in total. The number of amides is 2. The molecule has 0 spiro atoms. The highest BCUT2D eigenvalue weighted by Crippen LogP contribution is 2.27. The summed E-state index contributed by atoms with van der Waals surface area (Å²) in [7, 11) is 3.04. The minimum absolute atomic E-state index is 0.134. The van der Waals surface area contributed by atoms with Crippen molar-refractivity contribution in [3.05, 3.63) is 53.6 Å². The third-order valence-electron chi connectivity index (χ3n) is 3.59. The normalized spacial score (nSPS) is 10.8. The average Bonchev–Trinajstić information content (AvgIpc) is 2.65. The van der Waals surface area contributed by atoms with E-state index in [0.717, 1.165) is 5.56 Å². The number of carbonyl (C=O) groups excluding carboxylic acids is 2. The number of hydrazone groups is 1. The molecule has 2 N–H and O–H groups in total. The van der Waals surface area contributed by atoms with Crippen molar-refractivity contribution in [2.45, 2.75) is 13.8 Å². The second-order valence-corrected chi connectivity index (χ2v) is 5.47. The van der Waals surface area contributed by atoms with Gasteiger partial charge in [0.15, 0.2) is 11.5 Å². The Labute approximate surface area is 152 Å². The predicted molar refractivity (Wildman–Crippen MR) is 100.0 cm³/mol. The number of anilines is 1. The average molecular weight is 355 g/mol. The molecule has 0 aliphatic heterocycles. The summed E-state index contributed by atoms with van der Waals surface area (Å²) in [5, 5.41) is 6.81. The van der Waals surface area contributed by atoms with Gasteiger partial charge in [-0.15, -0.1) is 0 Å². The van der Waals surface area contributed by atoms with Gasteiger partial charge in [-0.25, -0.2) is 5.43 Å². The van der Waals surface area contributed by atoms with Gasteiger partial charge in [-0.1, -0.05) is 12.1 Å². The van der Waals surface area contributed by atoms with Gasteiger partial charge in [-0.05, 0) is 42.8 Å². The van der Waals surface area contributed by atoms with Crippen molar-refractivity contribution >= 4 is 23.2 Å². The Morgan fingerprint density at radius 1 is 0.885 bits per heavy atom. The quantitative estimate of drug-likeness (QED) is 0.616. The maximum Gasteiger partial charge on any atom is 0.271 e. The minimum Gasteiger partial charge on any atom is -0.493 e. The molecular weight excluding hydrogens is 334 g/mol. The summed E-state index contributed by atoms with van der Waals surface area (Å²) in [6, 6.07) is 12.0. The Kier molecular flexibility index (Phi) is 6.32. The summed E-state index contributed by atoms with van der Waals surface area (Å²) in [6.07, 6.45) is 0. The second kappa shape index (κ2) is 8.66. The first-order valence-electron chi connectivity index (χ1n) is 7.89. The van der Waals surface area contributed by atoms with Crippen LogP contribution in [0, 0.1) is 0 Å². The molecule has 0 bridgehead atoms. The number of ether oxygens (including phenoxy) is 2. The van der Waals surface area contributed by atoms with E-state index in [1.807, 2.05) is 12.1 Å². The molecule has 136 valence electrons. The third kappa shape index (κ3) is 4.83. The highest BCUT2D eigenvalue weighted by Gasteiger charge is 2.10. The largest absolute Gasteiger partial charge is 0.493 e. The molecule has 0 saturated heterocycles. The molecular formula is C19H21N3O4. The lowest BCUT2D eigenvalue weighted by atomic mass is 10.1. The summed E-state index contributed by atoms with van der Waals surface area (Å²) in [6.45, 7) is 3.23. The van der Waals surface area contributed by atoms with Crippen molar-refractivity contribution in [3.8, 4) is 11.5 Å². The molecule has 0 heterocycles. The van der Waals surface area contributed by atoms with E-state index >= 15 is 0 Å². The van der Waals surface area contributed by atoms with Gasteiger partial charge in [-0.3, -0.25) is 9.59 Å². The lowest BCUT2D eigenvalue weighted by molar-refractivity contribution is -0.114. The molecule has 7 heteroatoms. The first-order valence-corrected chi connectivity index (χ1v) is 7.89. The first kappa shape index (κ1) is 19.0. The molecule has 0 aromatic heterocycles. The highest BCUT2D eigenvalue weighted by molar-refractivity contribution is 6.01. The molecule has 0 unspecified atom stereocenters. The fourth-order valence-electron chi connectivity index (χ4n) is 2.24. The van der Waals surface area contributed by atoms with E-state index in [0.29, 0.717) is 28.5 Å². The Bertz CT molecular complexity index is 829. The number of hydrogen-bond acceptors (Lipinski definition) is 5. The van der Waals surface area contributed by atoms with E-state index in [4.69, 9.17) is 9.47 Å². The molecule has 2 aromatic carbocycles. The molecule has 2 amide bonds. The van der Waals surface area contributed by atoms with E-state index in [-0.39, 0.29) is 11.8 Å². The van der Waals surface area contributed by atoms with Gasteiger partial charge < -0.3 is 14.8 Å². The molecule has 2 aromatic rings. The topological polar surface area (TPSA) is 89.0 Å². The number of carbonyl (C=O) groups is 2. The van der Waals surface area contributed by atoms with E-state index < -0.39 is 0 Å². The van der Waals surface area contributed by atoms with Gasteiger partial charge in [0.25, 0.3) is 5.91 Å². The van der Waals surface area contributed by atoms with Crippen LogP contribution in [0.15, 0.2) is 47.6 Å². The fraction of sp³-hybridized carbons (Fsp3) is 0.211. The number of benzene rings is 2. The van der Waals surface area contributed by atoms with Gasteiger partial charge in [0, 0.05) is 18.2 Å². The van der Waals surface area contributed by atoms with Crippen LogP contribution in [0.3, 0.4) is 0 Å². The third-order valence-corrected chi connectivity index (χ3v) is 3.59. The fourth-order valence-corrected chi connectivity index (χ4v) is 2.24. The van der Waals surface area contributed by atoms with Crippen molar-refractivity contribution in [1.29, 1.82) is 0 Å². The lowest BCUT2D eigenvalue weighted by Gasteiger charge is -2.09. The summed E-state index contributed by atoms with van der Waals surface area (Å²) in [5.41, 5.74) is 5.07. The summed E-state index contributed by atoms with van der Waals surface area (Å²) in [5.74, 6) is 0.517. The zero-order chi connectivity index (χ0) is 19.1. The van der Waals surface area contributed by atoms with Gasteiger partial charge in [0.2, 0.25) is 5.91 Å². The summed E-state index contributed by atoms with van der Waals surface area (Å²) >= 11 is 0. The van der Waals surface area contributed by atoms with Crippen LogP contribution in [0.1, 0.15) is 29.8 Å². The molecule has 0 fully saturated rings. The van der Waals surface area contributed by atoms with Crippen LogP contribution in [0.4, 0.5) is 5.69 Å². The Morgan fingerprint density at radius 2 is 1.50 bits per heavy atom. The second-order valence-electron chi connectivity index (χ2n) is 5.47. The number of rotatable bonds is 6. The van der Waals surface area contributed by atoms with E-state index in [2.05, 4.69) is 15.8 Å². The van der Waals surface area contributed by atoms with Gasteiger partial charge in [-0.2, -0.15) is 5.10 Å². The monoisotopic (exact) mass is 355 g/mol. The van der Waals surface area contributed by atoms with Crippen LogP contribution in [0.5, 0.6) is 11.5 Å². The lowest BCUT2D eigenvalue weighted by Crippen LogP contribution is -2.19. The molecule has 0 saturated carbocycles. The number of nitrogens with zero attached hydrogens (tertiary/aromatic N) is 1. The van der Waals surface area contributed by atoms with Crippen molar-refractivity contribution < 1.29 is 19.1 Å². The summed E-state index contributed by atoms with van der Waals surface area (Å²) < 4.78 is 10.3. The first-order chi connectivity index (χ1) is 12.4. The zero-order valence-corrected chi connectivity index (χ0v) is 15.1. The zero-order valence-electron chi connectivity index (χ0n) is 15.1. The highest BCUT2D eigenvalue weighted by atomic mass is 16.5. The standard InChI is InChI=1S/C19H21N3O4/c1-12(14-5-8-16(9-6-14)20-13(2)23)21-22-19(24)15-7-10-17(25-3)18(11-15)26-4/h5-11H,1-4H3,(H,20,23)(H,22,24)/b21-12-. The molecule has 0 aliphatic carbocycles. The maximum atomic E-state index is 12.3.